The van der Waals surface area contributed by atoms with Gasteiger partial charge in [-0.05, 0) is 47.9 Å². The molecular formula is C22H18ClNO2. The molecule has 0 atom stereocenters. The zero-order valence-electron chi connectivity index (χ0n) is 14.2. The van der Waals surface area contributed by atoms with Crippen LogP contribution in [0.1, 0.15) is 21.5 Å². The molecule has 4 heteroatoms. The van der Waals surface area contributed by atoms with Crippen molar-refractivity contribution >= 4 is 23.2 Å². The van der Waals surface area contributed by atoms with Crippen molar-refractivity contribution in [1.82, 2.24) is 0 Å². The molecule has 1 aliphatic heterocycles. The molecule has 0 N–H and O–H groups in total. The number of rotatable bonds is 4. The minimum absolute atomic E-state index is 0.0262. The monoisotopic (exact) mass is 363 g/mol. The van der Waals surface area contributed by atoms with Crippen molar-refractivity contribution in [2.75, 3.05) is 11.4 Å². The van der Waals surface area contributed by atoms with Gasteiger partial charge < -0.3 is 9.64 Å². The van der Waals surface area contributed by atoms with Gasteiger partial charge in [-0.15, -0.1) is 0 Å². The van der Waals surface area contributed by atoms with E-state index in [0.717, 1.165) is 17.7 Å². The van der Waals surface area contributed by atoms with Crippen LogP contribution >= 0.6 is 11.6 Å². The van der Waals surface area contributed by atoms with Gasteiger partial charge in [0, 0.05) is 17.3 Å². The van der Waals surface area contributed by atoms with Crippen LogP contribution in [0.5, 0.6) is 5.75 Å². The molecule has 26 heavy (non-hydrogen) atoms. The quantitative estimate of drug-likeness (QED) is 0.643. The predicted octanol–water partition coefficient (Wildman–Crippen LogP) is 5.12. The van der Waals surface area contributed by atoms with Crippen LogP contribution in [0.25, 0.3) is 0 Å². The molecule has 0 spiro atoms. The number of carbonyl (C=O) groups excluding carboxylic acids is 1. The number of hydrogen-bond acceptors (Lipinski definition) is 2. The topological polar surface area (TPSA) is 29.5 Å². The molecule has 0 saturated carbocycles. The SMILES string of the molecule is O=C(c1ccccc1OCc1ccc(Cl)cc1)N1CCc2ccccc21. The van der Waals surface area contributed by atoms with Crippen molar-refractivity contribution in [3.8, 4) is 5.75 Å². The standard InChI is InChI=1S/C22H18ClNO2/c23-18-11-9-16(10-12-18)15-26-21-8-4-2-6-19(21)22(25)24-14-13-17-5-1-3-7-20(17)24/h1-12H,13-15H2. The number of amides is 1. The van der Waals surface area contributed by atoms with Crippen molar-refractivity contribution in [2.45, 2.75) is 13.0 Å². The number of fused-ring (bicyclic) bond motifs is 1. The smallest absolute Gasteiger partial charge is 0.262 e. The van der Waals surface area contributed by atoms with Gasteiger partial charge >= 0.3 is 0 Å². The summed E-state index contributed by atoms with van der Waals surface area (Å²) in [4.78, 5) is 14.9. The van der Waals surface area contributed by atoms with Crippen LogP contribution in [-0.2, 0) is 13.0 Å². The normalized spacial score (nSPS) is 12.7. The molecule has 3 nitrogen and oxygen atoms in total. The largest absolute Gasteiger partial charge is 0.488 e. The first-order valence-corrected chi connectivity index (χ1v) is 8.96. The Morgan fingerprint density at radius 3 is 2.54 bits per heavy atom. The second kappa shape index (κ2) is 7.22. The number of benzene rings is 3. The van der Waals surface area contributed by atoms with Gasteiger partial charge in [0.15, 0.2) is 0 Å². The molecule has 0 fully saturated rings. The van der Waals surface area contributed by atoms with E-state index in [1.54, 1.807) is 0 Å². The minimum Gasteiger partial charge on any atom is -0.488 e. The lowest BCUT2D eigenvalue weighted by Gasteiger charge is -2.19. The molecule has 1 heterocycles. The highest BCUT2D eigenvalue weighted by molar-refractivity contribution is 6.30. The number of nitrogens with zero attached hydrogens (tertiary/aromatic N) is 1. The first-order chi connectivity index (χ1) is 12.7. The number of para-hydroxylation sites is 2. The number of ether oxygens (including phenoxy) is 1. The average Bonchev–Trinajstić information content (AvgIpc) is 3.11. The lowest BCUT2D eigenvalue weighted by Crippen LogP contribution is -2.29. The van der Waals surface area contributed by atoms with Crippen molar-refractivity contribution < 1.29 is 9.53 Å². The summed E-state index contributed by atoms with van der Waals surface area (Å²) < 4.78 is 5.94. The van der Waals surface area contributed by atoms with Crippen molar-refractivity contribution in [1.29, 1.82) is 0 Å². The molecule has 0 aromatic heterocycles. The Morgan fingerprint density at radius 1 is 0.962 bits per heavy atom. The molecule has 0 saturated heterocycles. The van der Waals surface area contributed by atoms with E-state index >= 15 is 0 Å². The van der Waals surface area contributed by atoms with Gasteiger partial charge in [0.25, 0.3) is 5.91 Å². The van der Waals surface area contributed by atoms with Gasteiger partial charge in [0.05, 0.1) is 5.56 Å². The molecule has 3 aromatic carbocycles. The van der Waals surface area contributed by atoms with Gasteiger partial charge in [0.1, 0.15) is 12.4 Å². The first kappa shape index (κ1) is 16.7. The Bertz CT molecular complexity index is 937. The Morgan fingerprint density at radius 2 is 1.69 bits per heavy atom. The molecule has 4 rings (SSSR count). The third kappa shape index (κ3) is 3.31. The number of carbonyl (C=O) groups is 1. The number of halogens is 1. The molecule has 0 bridgehead atoms. The zero-order valence-corrected chi connectivity index (χ0v) is 14.9. The van der Waals surface area contributed by atoms with Crippen LogP contribution in [0.2, 0.25) is 5.02 Å². The molecule has 1 aliphatic rings. The molecular weight excluding hydrogens is 346 g/mol. The predicted molar refractivity (Wildman–Crippen MR) is 104 cm³/mol. The average molecular weight is 364 g/mol. The van der Waals surface area contributed by atoms with Crippen LogP contribution in [0.4, 0.5) is 5.69 Å². The van der Waals surface area contributed by atoms with Gasteiger partial charge in [-0.3, -0.25) is 4.79 Å². The van der Waals surface area contributed by atoms with E-state index in [4.69, 9.17) is 16.3 Å². The van der Waals surface area contributed by atoms with Crippen LogP contribution in [0.3, 0.4) is 0 Å². The summed E-state index contributed by atoms with van der Waals surface area (Å²) in [5.74, 6) is 0.568. The van der Waals surface area contributed by atoms with Gasteiger partial charge in [-0.25, -0.2) is 0 Å². The van der Waals surface area contributed by atoms with Crippen molar-refractivity contribution in [2.24, 2.45) is 0 Å². The van der Waals surface area contributed by atoms with E-state index in [1.165, 1.54) is 5.56 Å². The summed E-state index contributed by atoms with van der Waals surface area (Å²) in [5, 5.41) is 0.692. The van der Waals surface area contributed by atoms with Crippen LogP contribution in [0.15, 0.2) is 72.8 Å². The maximum absolute atomic E-state index is 13.1. The Hall–Kier alpha value is -2.78. The fraction of sp³-hybridized carbons (Fsp3) is 0.136. The third-order valence-electron chi connectivity index (χ3n) is 4.56. The van der Waals surface area contributed by atoms with Crippen LogP contribution in [0, 0.1) is 0 Å². The summed E-state index contributed by atoms with van der Waals surface area (Å²) in [5.41, 5.74) is 3.78. The molecule has 130 valence electrons. The summed E-state index contributed by atoms with van der Waals surface area (Å²) in [6, 6.07) is 23.0. The Balaban J connectivity index is 1.56. The molecule has 1 amide bonds. The van der Waals surface area contributed by atoms with Crippen LogP contribution < -0.4 is 9.64 Å². The summed E-state index contributed by atoms with van der Waals surface area (Å²) in [6.45, 7) is 1.09. The fourth-order valence-corrected chi connectivity index (χ4v) is 3.33. The van der Waals surface area contributed by atoms with E-state index in [1.807, 2.05) is 71.6 Å². The van der Waals surface area contributed by atoms with E-state index < -0.39 is 0 Å². The molecule has 0 radical (unpaired) electrons. The second-order valence-corrected chi connectivity index (χ2v) is 6.68. The zero-order chi connectivity index (χ0) is 17.9. The highest BCUT2D eigenvalue weighted by Gasteiger charge is 2.26. The maximum Gasteiger partial charge on any atom is 0.262 e. The van der Waals surface area contributed by atoms with Crippen molar-refractivity contribution in [3.05, 3.63) is 94.5 Å². The first-order valence-electron chi connectivity index (χ1n) is 8.58. The third-order valence-corrected chi connectivity index (χ3v) is 4.81. The van der Waals surface area contributed by atoms with Crippen molar-refractivity contribution in [3.63, 3.8) is 0 Å². The van der Waals surface area contributed by atoms with E-state index in [2.05, 4.69) is 6.07 Å². The second-order valence-electron chi connectivity index (χ2n) is 6.25. The molecule has 0 aliphatic carbocycles. The summed E-state index contributed by atoms with van der Waals surface area (Å²) >= 11 is 5.92. The summed E-state index contributed by atoms with van der Waals surface area (Å²) in [6.07, 6.45) is 0.885. The van der Waals surface area contributed by atoms with E-state index in [9.17, 15) is 4.79 Å². The summed E-state index contributed by atoms with van der Waals surface area (Å²) in [7, 11) is 0. The van der Waals surface area contributed by atoms with Gasteiger partial charge in [-0.1, -0.05) is 54.1 Å². The number of hydrogen-bond donors (Lipinski definition) is 0. The van der Waals surface area contributed by atoms with E-state index in [0.29, 0.717) is 29.5 Å². The highest BCUT2D eigenvalue weighted by atomic mass is 35.5. The fourth-order valence-electron chi connectivity index (χ4n) is 3.21. The highest BCUT2D eigenvalue weighted by Crippen LogP contribution is 2.31. The van der Waals surface area contributed by atoms with Crippen LogP contribution in [-0.4, -0.2) is 12.5 Å². The Kier molecular flexibility index (Phi) is 4.63. The minimum atomic E-state index is -0.0262. The number of anilines is 1. The Labute approximate surface area is 157 Å². The maximum atomic E-state index is 13.1. The molecule has 0 unspecified atom stereocenters. The van der Waals surface area contributed by atoms with Gasteiger partial charge in [-0.2, -0.15) is 0 Å². The van der Waals surface area contributed by atoms with E-state index in [-0.39, 0.29) is 5.91 Å². The van der Waals surface area contributed by atoms with Gasteiger partial charge in [0.2, 0.25) is 0 Å². The molecule has 3 aromatic rings. The lowest BCUT2D eigenvalue weighted by molar-refractivity contribution is 0.0985. The lowest BCUT2D eigenvalue weighted by atomic mass is 10.1.